The highest BCUT2D eigenvalue weighted by Gasteiger charge is 2.16. The van der Waals surface area contributed by atoms with Crippen molar-refractivity contribution in [3.05, 3.63) is 23.1 Å². The van der Waals surface area contributed by atoms with Crippen LogP contribution in [0.3, 0.4) is 0 Å². The number of aryl methyl sites for hydroxylation is 1. The number of aromatic nitrogens is 3. The summed E-state index contributed by atoms with van der Waals surface area (Å²) in [4.78, 5) is 13.0. The molecule has 0 spiro atoms. The van der Waals surface area contributed by atoms with Crippen molar-refractivity contribution in [1.82, 2.24) is 15.0 Å². The van der Waals surface area contributed by atoms with Gasteiger partial charge in [-0.05, 0) is 43.0 Å². The third-order valence-electron chi connectivity index (χ3n) is 3.59. The number of nitrogens with zero attached hydrogens (tertiary/aromatic N) is 3. The van der Waals surface area contributed by atoms with Gasteiger partial charge < -0.3 is 5.32 Å². The van der Waals surface area contributed by atoms with Gasteiger partial charge in [0.1, 0.15) is 5.52 Å². The van der Waals surface area contributed by atoms with Crippen molar-refractivity contribution in [2.24, 2.45) is 0 Å². The lowest BCUT2D eigenvalue weighted by molar-refractivity contribution is 0.462. The number of pyridine rings is 1. The van der Waals surface area contributed by atoms with Crippen molar-refractivity contribution >= 4 is 28.5 Å². The van der Waals surface area contributed by atoms with Crippen molar-refractivity contribution in [1.29, 1.82) is 0 Å². The van der Waals surface area contributed by atoms with E-state index in [-0.39, 0.29) is 5.28 Å². The molecule has 19 heavy (non-hydrogen) atoms. The summed E-state index contributed by atoms with van der Waals surface area (Å²) in [6, 6.07) is 2.47. The van der Waals surface area contributed by atoms with Gasteiger partial charge in [-0.15, -0.1) is 0 Å². The van der Waals surface area contributed by atoms with E-state index in [9.17, 15) is 0 Å². The Morgan fingerprint density at radius 3 is 2.79 bits per heavy atom. The summed E-state index contributed by atoms with van der Waals surface area (Å²) in [6.07, 6.45) is 8.11. The Balaban J connectivity index is 1.97. The van der Waals surface area contributed by atoms with E-state index in [0.29, 0.717) is 6.04 Å². The molecule has 0 saturated heterocycles. The maximum Gasteiger partial charge on any atom is 0.225 e. The molecule has 4 nitrogen and oxygen atoms in total. The van der Waals surface area contributed by atoms with Crippen LogP contribution in [0.5, 0.6) is 0 Å². The van der Waals surface area contributed by atoms with Gasteiger partial charge in [0, 0.05) is 12.2 Å². The van der Waals surface area contributed by atoms with Crippen LogP contribution in [-0.4, -0.2) is 21.0 Å². The monoisotopic (exact) mass is 276 g/mol. The average Bonchev–Trinajstić information content (AvgIpc) is 2.39. The summed E-state index contributed by atoms with van der Waals surface area (Å²) in [7, 11) is 0. The molecule has 0 aliphatic heterocycles. The van der Waals surface area contributed by atoms with Gasteiger partial charge >= 0.3 is 0 Å². The zero-order chi connectivity index (χ0) is 13.2. The molecular formula is C14H17ClN4. The third kappa shape index (κ3) is 2.78. The molecule has 1 fully saturated rings. The summed E-state index contributed by atoms with van der Waals surface area (Å²) >= 11 is 6.00. The number of halogens is 1. The van der Waals surface area contributed by atoms with Gasteiger partial charge in [-0.3, -0.25) is 4.98 Å². The second-order valence-corrected chi connectivity index (χ2v) is 5.54. The quantitative estimate of drug-likeness (QED) is 0.849. The van der Waals surface area contributed by atoms with E-state index in [1.807, 2.05) is 19.2 Å². The van der Waals surface area contributed by atoms with Crippen LogP contribution in [0.1, 0.15) is 37.7 Å². The SMILES string of the molecule is Cc1cnc2c(NC3CCCCC3)nc(Cl)nc2c1. The average molecular weight is 277 g/mol. The van der Waals surface area contributed by atoms with E-state index >= 15 is 0 Å². The number of hydrogen-bond donors (Lipinski definition) is 1. The van der Waals surface area contributed by atoms with E-state index in [4.69, 9.17) is 11.6 Å². The van der Waals surface area contributed by atoms with E-state index in [0.717, 1.165) is 22.4 Å². The molecule has 0 radical (unpaired) electrons. The van der Waals surface area contributed by atoms with Gasteiger partial charge in [-0.2, -0.15) is 4.98 Å². The van der Waals surface area contributed by atoms with Crippen LogP contribution in [-0.2, 0) is 0 Å². The largest absolute Gasteiger partial charge is 0.365 e. The fourth-order valence-corrected chi connectivity index (χ4v) is 2.81. The Kier molecular flexibility index (Phi) is 3.51. The maximum absolute atomic E-state index is 6.00. The first-order valence-electron chi connectivity index (χ1n) is 6.79. The smallest absolute Gasteiger partial charge is 0.225 e. The molecule has 100 valence electrons. The molecule has 3 rings (SSSR count). The lowest BCUT2D eigenvalue weighted by Crippen LogP contribution is -2.23. The second kappa shape index (κ2) is 5.29. The van der Waals surface area contributed by atoms with E-state index in [2.05, 4.69) is 20.3 Å². The highest BCUT2D eigenvalue weighted by atomic mass is 35.5. The molecule has 1 aliphatic carbocycles. The molecule has 5 heteroatoms. The summed E-state index contributed by atoms with van der Waals surface area (Å²) in [5.74, 6) is 0.766. The number of rotatable bonds is 2. The minimum atomic E-state index is 0.276. The van der Waals surface area contributed by atoms with Crippen molar-refractivity contribution < 1.29 is 0 Å². The molecule has 1 N–H and O–H groups in total. The highest BCUT2D eigenvalue weighted by Crippen LogP contribution is 2.25. The Bertz CT molecular complexity index is 588. The molecule has 1 saturated carbocycles. The first-order chi connectivity index (χ1) is 9.22. The van der Waals surface area contributed by atoms with Crippen LogP contribution in [0.2, 0.25) is 5.28 Å². The standard InChI is InChI=1S/C14H17ClN4/c1-9-7-11-12(16-8-9)13(19-14(15)18-11)17-10-5-3-2-4-6-10/h7-8,10H,2-6H2,1H3,(H,17,18,19). The highest BCUT2D eigenvalue weighted by molar-refractivity contribution is 6.28. The topological polar surface area (TPSA) is 50.7 Å². The molecule has 2 aromatic heterocycles. The fraction of sp³-hybridized carbons (Fsp3) is 0.500. The van der Waals surface area contributed by atoms with Gasteiger partial charge in [-0.1, -0.05) is 19.3 Å². The molecule has 2 aromatic rings. The Morgan fingerprint density at radius 2 is 2.00 bits per heavy atom. The summed E-state index contributed by atoms with van der Waals surface area (Å²) < 4.78 is 0. The maximum atomic E-state index is 6.00. The van der Waals surface area contributed by atoms with Crippen LogP contribution < -0.4 is 5.32 Å². The van der Waals surface area contributed by atoms with Gasteiger partial charge in [0.25, 0.3) is 0 Å². The zero-order valence-electron chi connectivity index (χ0n) is 11.0. The molecule has 1 aliphatic rings. The Hall–Kier alpha value is -1.42. The first-order valence-corrected chi connectivity index (χ1v) is 7.16. The second-order valence-electron chi connectivity index (χ2n) is 5.20. The number of hydrogen-bond acceptors (Lipinski definition) is 4. The van der Waals surface area contributed by atoms with E-state index < -0.39 is 0 Å². The fourth-order valence-electron chi connectivity index (χ4n) is 2.63. The molecule has 0 unspecified atom stereocenters. The van der Waals surface area contributed by atoms with Crippen molar-refractivity contribution in [2.75, 3.05) is 5.32 Å². The lowest BCUT2D eigenvalue weighted by Gasteiger charge is -2.23. The molecule has 0 aromatic carbocycles. The van der Waals surface area contributed by atoms with Gasteiger partial charge in [0.2, 0.25) is 5.28 Å². The zero-order valence-corrected chi connectivity index (χ0v) is 11.7. The number of fused-ring (bicyclic) bond motifs is 1. The number of nitrogens with one attached hydrogen (secondary N) is 1. The predicted octanol–water partition coefficient (Wildman–Crippen LogP) is 3.73. The molecule has 0 atom stereocenters. The van der Waals surface area contributed by atoms with E-state index in [1.54, 1.807) is 0 Å². The Labute approximate surface area is 117 Å². The first kappa shape index (κ1) is 12.6. The van der Waals surface area contributed by atoms with Crippen LogP contribution in [0.15, 0.2) is 12.3 Å². The van der Waals surface area contributed by atoms with Crippen molar-refractivity contribution in [2.45, 2.75) is 45.1 Å². The molecule has 0 amide bonds. The van der Waals surface area contributed by atoms with Gasteiger partial charge in [0.15, 0.2) is 5.82 Å². The minimum absolute atomic E-state index is 0.276. The normalized spacial score (nSPS) is 16.7. The van der Waals surface area contributed by atoms with E-state index in [1.165, 1.54) is 32.1 Å². The lowest BCUT2D eigenvalue weighted by atomic mass is 9.95. The van der Waals surface area contributed by atoms with Gasteiger partial charge in [0.05, 0.1) is 5.52 Å². The summed E-state index contributed by atoms with van der Waals surface area (Å²) in [5.41, 5.74) is 2.68. The summed E-state index contributed by atoms with van der Waals surface area (Å²) in [6.45, 7) is 2.00. The predicted molar refractivity (Wildman–Crippen MR) is 77.6 cm³/mol. The number of anilines is 1. The van der Waals surface area contributed by atoms with Crippen molar-refractivity contribution in [3.8, 4) is 0 Å². The van der Waals surface area contributed by atoms with Crippen LogP contribution in [0, 0.1) is 6.92 Å². The van der Waals surface area contributed by atoms with Crippen LogP contribution in [0.4, 0.5) is 5.82 Å². The minimum Gasteiger partial charge on any atom is -0.365 e. The van der Waals surface area contributed by atoms with Crippen molar-refractivity contribution in [3.63, 3.8) is 0 Å². The summed E-state index contributed by atoms with van der Waals surface area (Å²) in [5, 5.41) is 3.76. The van der Waals surface area contributed by atoms with Crippen LogP contribution in [0.25, 0.3) is 11.0 Å². The molecular weight excluding hydrogens is 260 g/mol. The molecule has 2 heterocycles. The van der Waals surface area contributed by atoms with Crippen LogP contribution >= 0.6 is 11.6 Å². The van der Waals surface area contributed by atoms with Gasteiger partial charge in [-0.25, -0.2) is 4.98 Å². The molecule has 0 bridgehead atoms. The third-order valence-corrected chi connectivity index (χ3v) is 3.76. The Morgan fingerprint density at radius 1 is 1.21 bits per heavy atom.